The van der Waals surface area contributed by atoms with Gasteiger partial charge < -0.3 is 20.7 Å². The highest BCUT2D eigenvalue weighted by atomic mass is 19.3. The van der Waals surface area contributed by atoms with Crippen LogP contribution in [0, 0.1) is 5.41 Å². The van der Waals surface area contributed by atoms with Gasteiger partial charge in [0, 0.05) is 68.5 Å². The van der Waals surface area contributed by atoms with Crippen molar-refractivity contribution in [3.05, 3.63) is 48.8 Å². The largest absolute Gasteiger partial charge is 0.490 e. The van der Waals surface area contributed by atoms with Crippen LogP contribution in [0.2, 0.25) is 0 Å². The minimum atomic E-state index is -2.51. The SMILES string of the molecule is Cn1nc(-c2ccc(N3CC4(C3)CC(F)(F)C4)nc2)nc1Nc1ccc(-c2ccnc(N)n2)cc1OCCN1CCCC1. The maximum atomic E-state index is 13.4. The van der Waals surface area contributed by atoms with Crippen LogP contribution >= 0.6 is 0 Å². The van der Waals surface area contributed by atoms with Crippen molar-refractivity contribution in [2.45, 2.75) is 31.6 Å². The number of pyridine rings is 1. The zero-order valence-corrected chi connectivity index (χ0v) is 24.0. The molecule has 0 amide bonds. The van der Waals surface area contributed by atoms with Crippen LogP contribution in [0.5, 0.6) is 5.75 Å². The predicted octanol–water partition coefficient (Wildman–Crippen LogP) is 4.37. The summed E-state index contributed by atoms with van der Waals surface area (Å²) in [6.07, 6.45) is 5.77. The number of nitrogens with one attached hydrogen (secondary N) is 1. The number of ether oxygens (including phenoxy) is 1. The number of likely N-dealkylation sites (tertiary alicyclic amines) is 1. The van der Waals surface area contributed by atoms with Gasteiger partial charge in [-0.3, -0.25) is 4.90 Å². The molecule has 1 saturated carbocycles. The Morgan fingerprint density at radius 1 is 1.00 bits per heavy atom. The highest BCUT2D eigenvalue weighted by Gasteiger charge is 2.61. The van der Waals surface area contributed by atoms with E-state index in [9.17, 15) is 8.78 Å². The summed E-state index contributed by atoms with van der Waals surface area (Å²) in [7, 11) is 1.82. The minimum Gasteiger partial charge on any atom is -0.490 e. The number of anilines is 4. The summed E-state index contributed by atoms with van der Waals surface area (Å²) in [6, 6.07) is 11.4. The molecule has 0 atom stereocenters. The minimum absolute atomic E-state index is 0.0224. The maximum Gasteiger partial charge on any atom is 0.249 e. The fourth-order valence-corrected chi connectivity index (χ4v) is 6.37. The van der Waals surface area contributed by atoms with Crippen LogP contribution in [0.15, 0.2) is 48.8 Å². The first-order valence-corrected chi connectivity index (χ1v) is 14.6. The summed E-state index contributed by atoms with van der Waals surface area (Å²) in [5, 5.41) is 7.97. The van der Waals surface area contributed by atoms with Crippen molar-refractivity contribution in [3.8, 4) is 28.4 Å². The summed E-state index contributed by atoms with van der Waals surface area (Å²) >= 11 is 0. The molecule has 5 heterocycles. The zero-order chi connectivity index (χ0) is 29.6. The van der Waals surface area contributed by atoms with Gasteiger partial charge in [0.1, 0.15) is 18.2 Å². The summed E-state index contributed by atoms with van der Waals surface area (Å²) < 4.78 is 34.7. The Kier molecular flexibility index (Phi) is 6.83. The van der Waals surface area contributed by atoms with Crippen LogP contribution in [-0.2, 0) is 7.05 Å². The lowest BCUT2D eigenvalue weighted by Gasteiger charge is -2.59. The van der Waals surface area contributed by atoms with Crippen molar-refractivity contribution in [1.29, 1.82) is 0 Å². The number of rotatable bonds is 9. The number of nitrogens with zero attached hydrogens (tertiary/aromatic N) is 8. The first-order valence-electron chi connectivity index (χ1n) is 14.6. The van der Waals surface area contributed by atoms with Crippen molar-refractivity contribution in [3.63, 3.8) is 0 Å². The molecule has 2 saturated heterocycles. The number of hydrogen-bond acceptors (Lipinski definition) is 10. The fraction of sp³-hybridized carbons (Fsp3) is 0.433. The van der Waals surface area contributed by atoms with E-state index in [2.05, 4.69) is 30.3 Å². The van der Waals surface area contributed by atoms with Gasteiger partial charge in [0.25, 0.3) is 0 Å². The number of benzene rings is 1. The third kappa shape index (κ3) is 5.68. The van der Waals surface area contributed by atoms with E-state index in [0.29, 0.717) is 42.9 Å². The lowest BCUT2D eigenvalue weighted by molar-refractivity contribution is -0.170. The predicted molar refractivity (Wildman–Crippen MR) is 159 cm³/mol. The Bertz CT molecular complexity index is 1600. The molecular formula is C30H34F2N10O. The van der Waals surface area contributed by atoms with Gasteiger partial charge >= 0.3 is 0 Å². The molecular weight excluding hydrogens is 554 g/mol. The number of halogens is 2. The average Bonchev–Trinajstić information content (AvgIpc) is 3.61. The number of aryl methyl sites for hydroxylation is 1. The second-order valence-electron chi connectivity index (χ2n) is 11.9. The van der Waals surface area contributed by atoms with Gasteiger partial charge in [-0.25, -0.2) is 28.4 Å². The Balaban J connectivity index is 1.07. The van der Waals surface area contributed by atoms with Gasteiger partial charge in [0.15, 0.2) is 5.82 Å². The van der Waals surface area contributed by atoms with Crippen LogP contribution in [0.25, 0.3) is 22.6 Å². The van der Waals surface area contributed by atoms with Gasteiger partial charge in [-0.05, 0) is 56.3 Å². The number of aromatic nitrogens is 6. The van der Waals surface area contributed by atoms with Crippen LogP contribution in [0.4, 0.5) is 32.2 Å². The van der Waals surface area contributed by atoms with E-state index in [1.807, 2.05) is 48.3 Å². The molecule has 7 rings (SSSR count). The number of nitrogens with two attached hydrogens (primary N) is 1. The number of hydrogen-bond donors (Lipinski definition) is 2. The van der Waals surface area contributed by atoms with Crippen molar-refractivity contribution < 1.29 is 13.5 Å². The molecule has 224 valence electrons. The normalized spacial score (nSPS) is 18.8. The average molecular weight is 589 g/mol. The maximum absolute atomic E-state index is 13.4. The Hall–Kier alpha value is -4.39. The van der Waals surface area contributed by atoms with E-state index in [1.165, 1.54) is 12.8 Å². The summed E-state index contributed by atoms with van der Waals surface area (Å²) in [4.78, 5) is 22.1. The zero-order valence-electron chi connectivity index (χ0n) is 24.0. The van der Waals surface area contributed by atoms with Crippen molar-refractivity contribution >= 4 is 23.4 Å². The van der Waals surface area contributed by atoms with Gasteiger partial charge in [-0.2, -0.15) is 4.98 Å². The van der Waals surface area contributed by atoms with Crippen molar-refractivity contribution in [2.24, 2.45) is 12.5 Å². The second kappa shape index (κ2) is 10.7. The molecule has 3 aliphatic rings. The van der Waals surface area contributed by atoms with E-state index in [1.54, 1.807) is 17.1 Å². The van der Waals surface area contributed by atoms with Crippen molar-refractivity contribution in [1.82, 2.24) is 34.6 Å². The molecule has 1 spiro atoms. The van der Waals surface area contributed by atoms with Crippen molar-refractivity contribution in [2.75, 3.05) is 55.3 Å². The smallest absolute Gasteiger partial charge is 0.249 e. The first-order chi connectivity index (χ1) is 20.7. The van der Waals surface area contributed by atoms with Crippen LogP contribution < -0.4 is 20.7 Å². The number of nitrogen functional groups attached to an aromatic ring is 1. The van der Waals surface area contributed by atoms with Crippen LogP contribution in [0.1, 0.15) is 25.7 Å². The molecule has 3 fully saturated rings. The highest BCUT2D eigenvalue weighted by molar-refractivity contribution is 5.72. The van der Waals surface area contributed by atoms with E-state index < -0.39 is 5.92 Å². The molecule has 4 aromatic rings. The fourth-order valence-electron chi connectivity index (χ4n) is 6.37. The lowest BCUT2D eigenvalue weighted by Crippen LogP contribution is -2.66. The van der Waals surface area contributed by atoms with Gasteiger partial charge in [0.05, 0.1) is 11.4 Å². The first kappa shape index (κ1) is 27.4. The Morgan fingerprint density at radius 3 is 2.51 bits per heavy atom. The summed E-state index contributed by atoms with van der Waals surface area (Å²) in [5.74, 6) is 0.210. The molecule has 0 radical (unpaired) electrons. The molecule has 1 aromatic carbocycles. The van der Waals surface area contributed by atoms with E-state index in [0.717, 1.165) is 42.3 Å². The van der Waals surface area contributed by atoms with Gasteiger partial charge in [0.2, 0.25) is 17.8 Å². The quantitative estimate of drug-likeness (QED) is 0.291. The second-order valence-corrected chi connectivity index (χ2v) is 11.9. The third-order valence-electron chi connectivity index (χ3n) is 8.47. The molecule has 1 aliphatic carbocycles. The monoisotopic (exact) mass is 588 g/mol. The molecule has 0 bridgehead atoms. The topological polar surface area (TPSA) is 123 Å². The van der Waals surface area contributed by atoms with Crippen LogP contribution in [0.3, 0.4) is 0 Å². The summed E-state index contributed by atoms with van der Waals surface area (Å²) in [6.45, 7) is 4.85. The number of alkyl halides is 2. The molecule has 0 unspecified atom stereocenters. The lowest BCUT2D eigenvalue weighted by atomic mass is 9.61. The molecule has 13 heteroatoms. The highest BCUT2D eigenvalue weighted by Crippen LogP contribution is 2.57. The van der Waals surface area contributed by atoms with Gasteiger partial charge in [-0.15, -0.1) is 5.10 Å². The third-order valence-corrected chi connectivity index (χ3v) is 8.47. The van der Waals surface area contributed by atoms with E-state index in [4.69, 9.17) is 15.5 Å². The molecule has 3 N–H and O–H groups in total. The molecule has 11 nitrogen and oxygen atoms in total. The Labute approximate surface area is 248 Å². The van der Waals surface area contributed by atoms with E-state index >= 15 is 0 Å². The van der Waals surface area contributed by atoms with Gasteiger partial charge in [-0.1, -0.05) is 6.07 Å². The molecule has 3 aromatic heterocycles. The van der Waals surface area contributed by atoms with Crippen LogP contribution in [-0.4, -0.2) is 79.9 Å². The standard InChI is InChI=1S/C30H34F2N10O/c1-40-28(38-26(39-40)21-5-7-25(35-15-21)42-18-29(19-42)16-30(31,32)17-29)37-23-6-4-20(22-8-9-34-27(33)36-22)14-24(23)43-13-12-41-10-2-3-11-41/h4-9,14-15H,2-3,10-13,16-19H2,1H3,(H2,33,34,36)(H,37,38,39). The summed E-state index contributed by atoms with van der Waals surface area (Å²) in [5.41, 5.74) is 8.65. The molecule has 2 aliphatic heterocycles. The Morgan fingerprint density at radius 2 is 1.79 bits per heavy atom. The van der Waals surface area contributed by atoms with E-state index in [-0.39, 0.29) is 24.2 Å². The molecule has 43 heavy (non-hydrogen) atoms.